The van der Waals surface area contributed by atoms with Crippen LogP contribution in [0.25, 0.3) is 0 Å². The molecule has 164 valence electrons. The van der Waals surface area contributed by atoms with Gasteiger partial charge in [0.1, 0.15) is 9.97 Å². The van der Waals surface area contributed by atoms with Crippen molar-refractivity contribution >= 4 is 51.3 Å². The first-order valence-electron chi connectivity index (χ1n) is 9.45. The molecule has 0 aliphatic rings. The third kappa shape index (κ3) is 7.54. The fraction of sp³-hybridized carbons (Fsp3) is 0.556. The molecule has 0 aliphatic carbocycles. The first-order valence-corrected chi connectivity index (χ1v) is 11.8. The number of hydrogen-bond acceptors (Lipinski definition) is 6. The summed E-state index contributed by atoms with van der Waals surface area (Å²) in [6, 6.07) is 3.42. The summed E-state index contributed by atoms with van der Waals surface area (Å²) in [5.74, 6) is 1.48. The zero-order chi connectivity index (χ0) is 20.6. The number of halogens is 1. The molecule has 0 saturated carbocycles. The highest BCUT2D eigenvalue weighted by atomic mass is 127. The maximum absolute atomic E-state index is 12.2. The molecule has 29 heavy (non-hydrogen) atoms. The Bertz CT molecular complexity index is 872. The van der Waals surface area contributed by atoms with Crippen LogP contribution in [0.1, 0.15) is 42.7 Å². The van der Waals surface area contributed by atoms with Gasteiger partial charge in [-0.15, -0.1) is 35.3 Å². The molecule has 0 unspecified atom stereocenters. The van der Waals surface area contributed by atoms with E-state index in [1.807, 2.05) is 27.7 Å². The summed E-state index contributed by atoms with van der Waals surface area (Å²) >= 11 is 1.26. The van der Waals surface area contributed by atoms with E-state index in [4.69, 9.17) is 4.52 Å². The van der Waals surface area contributed by atoms with E-state index in [9.17, 15) is 8.42 Å². The quantitative estimate of drug-likeness (QED) is 0.180. The van der Waals surface area contributed by atoms with E-state index >= 15 is 0 Å². The molecular formula is C18H30IN5O3S2. The highest BCUT2D eigenvalue weighted by Crippen LogP contribution is 2.20. The Kier molecular flexibility index (Phi) is 11.1. The van der Waals surface area contributed by atoms with Gasteiger partial charge in [0.05, 0.1) is 12.2 Å². The predicted octanol–water partition coefficient (Wildman–Crippen LogP) is 2.82. The van der Waals surface area contributed by atoms with Crippen LogP contribution in [-0.2, 0) is 29.4 Å². The molecule has 0 amide bonds. The van der Waals surface area contributed by atoms with Gasteiger partial charge in [0.15, 0.2) is 5.96 Å². The van der Waals surface area contributed by atoms with Crippen molar-refractivity contribution in [2.24, 2.45) is 4.99 Å². The zero-order valence-electron chi connectivity index (χ0n) is 17.2. The smallest absolute Gasteiger partial charge is 0.250 e. The number of hydrogen-bond donors (Lipinski definition) is 3. The molecule has 0 aromatic carbocycles. The molecule has 3 N–H and O–H groups in total. The number of nitrogens with zero attached hydrogens (tertiary/aromatic N) is 2. The minimum Gasteiger partial charge on any atom is -0.361 e. The Hall–Kier alpha value is -1.18. The Morgan fingerprint density at radius 1 is 1.17 bits per heavy atom. The van der Waals surface area contributed by atoms with Gasteiger partial charge in [-0.3, -0.25) is 0 Å². The number of guanidine groups is 1. The molecule has 0 saturated heterocycles. The van der Waals surface area contributed by atoms with Crippen LogP contribution in [-0.4, -0.2) is 39.2 Å². The van der Waals surface area contributed by atoms with E-state index in [1.165, 1.54) is 11.3 Å². The van der Waals surface area contributed by atoms with Crippen molar-refractivity contribution in [3.05, 3.63) is 34.0 Å². The third-order valence-corrected chi connectivity index (χ3v) is 6.99. The molecule has 0 radical (unpaired) electrons. The lowest BCUT2D eigenvalue weighted by atomic mass is 10.1. The molecule has 2 rings (SSSR count). The second-order valence-electron chi connectivity index (χ2n) is 6.12. The highest BCUT2D eigenvalue weighted by Gasteiger charge is 2.15. The molecule has 0 spiro atoms. The number of sulfonamides is 1. The van der Waals surface area contributed by atoms with Gasteiger partial charge >= 0.3 is 0 Å². The lowest BCUT2D eigenvalue weighted by Gasteiger charge is -2.12. The van der Waals surface area contributed by atoms with E-state index in [-0.39, 0.29) is 30.5 Å². The molecule has 0 atom stereocenters. The van der Waals surface area contributed by atoms with Gasteiger partial charge in [-0.05, 0) is 32.4 Å². The van der Waals surface area contributed by atoms with Crippen LogP contribution in [0.2, 0.25) is 0 Å². The standard InChI is InChI=1S/C18H29N5O3S2.HI/c1-5-15-14(16(6-2)26-23-15)12-21-18(19-7-3)20-10-11-22-28(24,25)17-9-8-13(4)27-17;/h8-9,22H,5-7,10-12H2,1-4H3,(H2,19,20,21);1H. The second-order valence-corrected chi connectivity index (χ2v) is 9.40. The summed E-state index contributed by atoms with van der Waals surface area (Å²) in [5.41, 5.74) is 1.95. The maximum Gasteiger partial charge on any atom is 0.250 e. The Morgan fingerprint density at radius 3 is 2.52 bits per heavy atom. The molecule has 2 aromatic rings. The lowest BCUT2D eigenvalue weighted by molar-refractivity contribution is 0.380. The second kappa shape index (κ2) is 12.5. The van der Waals surface area contributed by atoms with E-state index in [0.717, 1.165) is 34.7 Å². The van der Waals surface area contributed by atoms with Crippen LogP contribution in [0.4, 0.5) is 0 Å². The molecule has 0 aliphatic heterocycles. The minimum atomic E-state index is -3.47. The topological polar surface area (TPSA) is 109 Å². The Labute approximate surface area is 194 Å². The van der Waals surface area contributed by atoms with Gasteiger partial charge < -0.3 is 15.2 Å². The fourth-order valence-corrected chi connectivity index (χ4v) is 4.97. The molecule has 11 heteroatoms. The monoisotopic (exact) mass is 555 g/mol. The van der Waals surface area contributed by atoms with E-state index in [2.05, 4.69) is 25.5 Å². The minimum absolute atomic E-state index is 0. The average Bonchev–Trinajstić information content (AvgIpc) is 3.29. The first kappa shape index (κ1) is 25.9. The number of rotatable bonds is 10. The number of aliphatic imine (C=N–C) groups is 1. The van der Waals surface area contributed by atoms with Crippen LogP contribution in [0.5, 0.6) is 0 Å². The highest BCUT2D eigenvalue weighted by molar-refractivity contribution is 14.0. The lowest BCUT2D eigenvalue weighted by Crippen LogP contribution is -2.41. The van der Waals surface area contributed by atoms with E-state index in [0.29, 0.717) is 29.8 Å². The van der Waals surface area contributed by atoms with Gasteiger partial charge in [-0.2, -0.15) is 0 Å². The Balaban J connectivity index is 0.00000420. The van der Waals surface area contributed by atoms with Gasteiger partial charge in [0, 0.05) is 36.5 Å². The van der Waals surface area contributed by atoms with Crippen molar-refractivity contribution in [3.63, 3.8) is 0 Å². The Morgan fingerprint density at radius 2 is 1.93 bits per heavy atom. The number of aryl methyl sites for hydroxylation is 3. The summed E-state index contributed by atoms with van der Waals surface area (Å²) in [6.45, 7) is 9.77. The summed E-state index contributed by atoms with van der Waals surface area (Å²) in [7, 11) is -3.47. The van der Waals surface area contributed by atoms with Gasteiger partial charge in [0.2, 0.25) is 10.0 Å². The zero-order valence-corrected chi connectivity index (χ0v) is 21.2. The number of nitrogens with one attached hydrogen (secondary N) is 3. The van der Waals surface area contributed by atoms with Crippen molar-refractivity contribution < 1.29 is 12.9 Å². The normalized spacial score (nSPS) is 11.9. The largest absolute Gasteiger partial charge is 0.361 e. The first-order chi connectivity index (χ1) is 13.4. The molecule has 2 aromatic heterocycles. The SMILES string of the molecule is CCNC(=NCc1c(CC)noc1CC)NCCNS(=O)(=O)c1ccc(C)s1.I. The molecule has 0 fully saturated rings. The summed E-state index contributed by atoms with van der Waals surface area (Å²) < 4.78 is 32.8. The number of thiophene rings is 1. The van der Waals surface area contributed by atoms with Gasteiger partial charge in [-0.1, -0.05) is 19.0 Å². The summed E-state index contributed by atoms with van der Waals surface area (Å²) in [4.78, 5) is 5.55. The van der Waals surface area contributed by atoms with E-state index in [1.54, 1.807) is 12.1 Å². The van der Waals surface area contributed by atoms with Gasteiger partial charge in [0.25, 0.3) is 0 Å². The fourth-order valence-electron chi connectivity index (χ4n) is 2.61. The van der Waals surface area contributed by atoms with Crippen molar-refractivity contribution in [3.8, 4) is 0 Å². The van der Waals surface area contributed by atoms with Crippen LogP contribution < -0.4 is 15.4 Å². The number of aromatic nitrogens is 1. The van der Waals surface area contributed by atoms with E-state index < -0.39 is 10.0 Å². The summed E-state index contributed by atoms with van der Waals surface area (Å²) in [5, 5.41) is 10.4. The summed E-state index contributed by atoms with van der Waals surface area (Å²) in [6.07, 6.45) is 1.56. The molecule has 8 nitrogen and oxygen atoms in total. The van der Waals surface area contributed by atoms with Crippen molar-refractivity contribution in [2.75, 3.05) is 19.6 Å². The van der Waals surface area contributed by atoms with Crippen LogP contribution in [0.15, 0.2) is 25.9 Å². The van der Waals surface area contributed by atoms with Crippen LogP contribution in [0, 0.1) is 6.92 Å². The van der Waals surface area contributed by atoms with Crippen LogP contribution in [0.3, 0.4) is 0 Å². The molecule has 2 heterocycles. The molecular weight excluding hydrogens is 525 g/mol. The third-order valence-electron chi connectivity index (χ3n) is 4.04. The molecule has 0 bridgehead atoms. The maximum atomic E-state index is 12.2. The van der Waals surface area contributed by atoms with Crippen molar-refractivity contribution in [2.45, 2.75) is 51.3 Å². The van der Waals surface area contributed by atoms with Crippen molar-refractivity contribution in [1.29, 1.82) is 0 Å². The van der Waals surface area contributed by atoms with Crippen LogP contribution >= 0.6 is 35.3 Å². The van der Waals surface area contributed by atoms with Crippen molar-refractivity contribution in [1.82, 2.24) is 20.5 Å². The predicted molar refractivity (Wildman–Crippen MR) is 128 cm³/mol. The van der Waals surface area contributed by atoms with Gasteiger partial charge in [-0.25, -0.2) is 18.1 Å². The average molecular weight is 556 g/mol.